The molecular weight excluding hydrogens is 266 g/mol. The smallest absolute Gasteiger partial charge is 0.0783 e. The quantitative estimate of drug-likeness (QED) is 0.604. The number of pyridine rings is 1. The predicted octanol–water partition coefficient (Wildman–Crippen LogP) is 5.15. The summed E-state index contributed by atoms with van der Waals surface area (Å²) in [5, 5.41) is 0. The summed E-state index contributed by atoms with van der Waals surface area (Å²) >= 11 is 6.11. The van der Waals surface area contributed by atoms with Gasteiger partial charge in [-0.2, -0.15) is 0 Å². The van der Waals surface area contributed by atoms with Crippen LogP contribution in [0.1, 0.15) is 5.56 Å². The van der Waals surface area contributed by atoms with Gasteiger partial charge in [-0.25, -0.2) is 0 Å². The van der Waals surface area contributed by atoms with Crippen molar-refractivity contribution in [3.63, 3.8) is 0 Å². The lowest BCUT2D eigenvalue weighted by Gasteiger charge is -2.13. The fourth-order valence-corrected chi connectivity index (χ4v) is 2.58. The van der Waals surface area contributed by atoms with Gasteiger partial charge in [-0.3, -0.25) is 4.98 Å². The largest absolute Gasteiger partial charge is 0.256 e. The van der Waals surface area contributed by atoms with Gasteiger partial charge in [0.1, 0.15) is 0 Å². The summed E-state index contributed by atoms with van der Waals surface area (Å²) in [5.41, 5.74) is 5.46. The molecular formula is C18H14ClN. The number of hydrogen-bond acceptors (Lipinski definition) is 1. The number of nitrogens with zero attached hydrogens (tertiary/aromatic N) is 1. The van der Waals surface area contributed by atoms with Crippen molar-refractivity contribution >= 4 is 11.6 Å². The molecule has 2 aromatic carbocycles. The summed E-state index contributed by atoms with van der Waals surface area (Å²) in [4.78, 5) is 4.58. The van der Waals surface area contributed by atoms with Crippen LogP contribution in [0.3, 0.4) is 0 Å². The maximum absolute atomic E-state index is 6.11. The van der Waals surface area contributed by atoms with E-state index >= 15 is 0 Å². The Bertz CT molecular complexity index is 693. The van der Waals surface area contributed by atoms with Crippen molar-refractivity contribution in [2.24, 2.45) is 0 Å². The number of alkyl halides is 1. The number of aromatic nitrogens is 1. The van der Waals surface area contributed by atoms with E-state index in [1.165, 1.54) is 0 Å². The molecule has 0 spiro atoms. The van der Waals surface area contributed by atoms with Gasteiger partial charge in [0.05, 0.1) is 5.69 Å². The molecule has 0 aliphatic carbocycles. The maximum atomic E-state index is 6.11. The van der Waals surface area contributed by atoms with Gasteiger partial charge in [-0.05, 0) is 17.2 Å². The Balaban J connectivity index is 2.26. The van der Waals surface area contributed by atoms with E-state index in [-0.39, 0.29) is 0 Å². The Hall–Kier alpha value is -2.12. The Labute approximate surface area is 123 Å². The van der Waals surface area contributed by atoms with Crippen LogP contribution in [-0.2, 0) is 5.88 Å². The van der Waals surface area contributed by atoms with Crippen molar-refractivity contribution in [3.8, 4) is 22.4 Å². The van der Waals surface area contributed by atoms with Crippen LogP contribution in [0.4, 0.5) is 0 Å². The van der Waals surface area contributed by atoms with Gasteiger partial charge in [0.25, 0.3) is 0 Å². The van der Waals surface area contributed by atoms with Crippen LogP contribution in [0.2, 0.25) is 0 Å². The van der Waals surface area contributed by atoms with Crippen LogP contribution in [0.5, 0.6) is 0 Å². The van der Waals surface area contributed by atoms with Crippen LogP contribution in [0.15, 0.2) is 72.9 Å². The first-order valence-corrected chi connectivity index (χ1v) is 7.08. The van der Waals surface area contributed by atoms with Crippen molar-refractivity contribution in [1.82, 2.24) is 4.98 Å². The molecule has 98 valence electrons. The molecule has 0 N–H and O–H groups in total. The molecule has 0 saturated carbocycles. The summed E-state index contributed by atoms with van der Waals surface area (Å²) in [6.07, 6.45) is 1.83. The topological polar surface area (TPSA) is 12.9 Å². The first-order chi connectivity index (χ1) is 9.90. The average molecular weight is 280 g/mol. The van der Waals surface area contributed by atoms with E-state index in [9.17, 15) is 0 Å². The third-order valence-corrected chi connectivity index (χ3v) is 3.58. The van der Waals surface area contributed by atoms with E-state index in [1.807, 2.05) is 48.7 Å². The van der Waals surface area contributed by atoms with Gasteiger partial charge in [-0.1, -0.05) is 60.7 Å². The van der Waals surface area contributed by atoms with Gasteiger partial charge >= 0.3 is 0 Å². The zero-order valence-corrected chi connectivity index (χ0v) is 11.7. The molecule has 3 aromatic rings. The maximum Gasteiger partial charge on any atom is 0.0783 e. The summed E-state index contributed by atoms with van der Waals surface area (Å²) in [5.74, 6) is 0.479. The number of hydrogen-bond donors (Lipinski definition) is 0. The van der Waals surface area contributed by atoms with Crippen LogP contribution in [-0.4, -0.2) is 4.98 Å². The summed E-state index contributed by atoms with van der Waals surface area (Å²) in [7, 11) is 0. The normalized spacial score (nSPS) is 10.4. The van der Waals surface area contributed by atoms with Crippen LogP contribution >= 0.6 is 11.6 Å². The number of halogens is 1. The molecule has 1 nitrogen and oxygen atoms in total. The van der Waals surface area contributed by atoms with Crippen LogP contribution in [0.25, 0.3) is 22.4 Å². The molecule has 3 rings (SSSR count). The van der Waals surface area contributed by atoms with E-state index in [4.69, 9.17) is 11.6 Å². The van der Waals surface area contributed by atoms with Crippen molar-refractivity contribution in [1.29, 1.82) is 0 Å². The molecule has 0 saturated heterocycles. The minimum absolute atomic E-state index is 0.479. The molecule has 0 bridgehead atoms. The Morgan fingerprint density at radius 1 is 0.750 bits per heavy atom. The summed E-state index contributed by atoms with van der Waals surface area (Å²) < 4.78 is 0. The number of benzene rings is 2. The van der Waals surface area contributed by atoms with Crippen molar-refractivity contribution < 1.29 is 0 Å². The molecule has 0 aliphatic rings. The molecule has 0 aliphatic heterocycles. The van der Waals surface area contributed by atoms with E-state index in [0.29, 0.717) is 5.88 Å². The summed E-state index contributed by atoms with van der Waals surface area (Å²) in [6.45, 7) is 0. The van der Waals surface area contributed by atoms with E-state index in [1.54, 1.807) is 0 Å². The molecule has 1 heterocycles. The first kappa shape index (κ1) is 12.9. The standard InChI is InChI=1S/C18H14ClN/c19-13-16-11-12-20-18(15-9-5-2-6-10-15)17(16)14-7-3-1-4-8-14/h1-12H,13H2. The highest BCUT2D eigenvalue weighted by molar-refractivity contribution is 6.17. The van der Waals surface area contributed by atoms with Gasteiger partial charge in [-0.15, -0.1) is 11.6 Å². The monoisotopic (exact) mass is 279 g/mol. The SMILES string of the molecule is ClCc1ccnc(-c2ccccc2)c1-c1ccccc1. The van der Waals surface area contributed by atoms with E-state index in [2.05, 4.69) is 29.2 Å². The Kier molecular flexibility index (Phi) is 3.80. The molecule has 0 amide bonds. The minimum Gasteiger partial charge on any atom is -0.256 e. The van der Waals surface area contributed by atoms with Crippen molar-refractivity contribution in [2.45, 2.75) is 5.88 Å². The molecule has 0 unspecified atom stereocenters. The lowest BCUT2D eigenvalue weighted by atomic mass is 9.95. The fourth-order valence-electron chi connectivity index (χ4n) is 2.35. The van der Waals surface area contributed by atoms with Crippen LogP contribution < -0.4 is 0 Å². The van der Waals surface area contributed by atoms with E-state index < -0.39 is 0 Å². The zero-order chi connectivity index (χ0) is 13.8. The first-order valence-electron chi connectivity index (χ1n) is 6.55. The highest BCUT2D eigenvalue weighted by Gasteiger charge is 2.12. The lowest BCUT2D eigenvalue weighted by molar-refractivity contribution is 1.27. The highest BCUT2D eigenvalue weighted by Crippen LogP contribution is 2.33. The predicted molar refractivity (Wildman–Crippen MR) is 84.7 cm³/mol. The van der Waals surface area contributed by atoms with Gasteiger partial charge < -0.3 is 0 Å². The molecule has 0 fully saturated rings. The molecule has 20 heavy (non-hydrogen) atoms. The zero-order valence-electron chi connectivity index (χ0n) is 11.0. The van der Waals surface area contributed by atoms with E-state index in [0.717, 1.165) is 27.9 Å². The van der Waals surface area contributed by atoms with Crippen LogP contribution in [0, 0.1) is 0 Å². The highest BCUT2D eigenvalue weighted by atomic mass is 35.5. The Morgan fingerprint density at radius 2 is 1.35 bits per heavy atom. The molecule has 0 radical (unpaired) electrons. The minimum atomic E-state index is 0.479. The second kappa shape index (κ2) is 5.89. The second-order valence-electron chi connectivity index (χ2n) is 4.56. The summed E-state index contributed by atoms with van der Waals surface area (Å²) in [6, 6.07) is 22.5. The third kappa shape index (κ3) is 2.45. The molecule has 1 aromatic heterocycles. The van der Waals surface area contributed by atoms with Gasteiger partial charge in [0, 0.05) is 23.2 Å². The lowest BCUT2D eigenvalue weighted by Crippen LogP contribution is -1.94. The third-order valence-electron chi connectivity index (χ3n) is 3.29. The average Bonchev–Trinajstić information content (AvgIpc) is 2.55. The number of rotatable bonds is 3. The van der Waals surface area contributed by atoms with Gasteiger partial charge in [0.15, 0.2) is 0 Å². The molecule has 2 heteroatoms. The van der Waals surface area contributed by atoms with Crippen molar-refractivity contribution in [3.05, 3.63) is 78.5 Å². The van der Waals surface area contributed by atoms with Crippen molar-refractivity contribution in [2.75, 3.05) is 0 Å². The fraction of sp³-hybridized carbons (Fsp3) is 0.0556. The van der Waals surface area contributed by atoms with Gasteiger partial charge in [0.2, 0.25) is 0 Å². The molecule has 0 atom stereocenters. The Morgan fingerprint density at radius 3 is 1.95 bits per heavy atom. The second-order valence-corrected chi connectivity index (χ2v) is 4.83.